The molecule has 0 unspecified atom stereocenters. The topological polar surface area (TPSA) is 26.0 Å². The van der Waals surface area contributed by atoms with Crippen LogP contribution >= 0.6 is 11.3 Å². The molecule has 0 aliphatic carbocycles. The van der Waals surface area contributed by atoms with Gasteiger partial charge >= 0.3 is 0 Å². The van der Waals surface area contributed by atoms with Crippen LogP contribution in [0.5, 0.6) is 0 Å². The van der Waals surface area contributed by atoms with Crippen molar-refractivity contribution in [2.24, 2.45) is 0 Å². The van der Waals surface area contributed by atoms with Gasteiger partial charge in [0.1, 0.15) is 0 Å². The predicted molar refractivity (Wildman–Crippen MR) is 86.3 cm³/mol. The molecule has 0 fully saturated rings. The fraction of sp³-hybridized carbons (Fsp3) is 0.0588. The van der Waals surface area contributed by atoms with Gasteiger partial charge in [0.2, 0.25) is 0 Å². The van der Waals surface area contributed by atoms with E-state index in [4.69, 9.17) is 5.73 Å². The first-order valence-electron chi connectivity index (χ1n) is 6.26. The van der Waals surface area contributed by atoms with E-state index >= 15 is 0 Å². The number of para-hydroxylation sites is 1. The van der Waals surface area contributed by atoms with Crippen LogP contribution < -0.4 is 5.73 Å². The molecule has 19 heavy (non-hydrogen) atoms. The summed E-state index contributed by atoms with van der Waals surface area (Å²) in [6, 6.07) is 16.4. The molecule has 0 amide bonds. The maximum atomic E-state index is 5.96. The number of thiophene rings is 1. The van der Waals surface area contributed by atoms with Crippen molar-refractivity contribution in [3.05, 3.63) is 64.5 Å². The van der Waals surface area contributed by atoms with Gasteiger partial charge in [0.15, 0.2) is 0 Å². The van der Waals surface area contributed by atoms with Crippen LogP contribution in [0.3, 0.4) is 0 Å². The Hall–Kier alpha value is -2.06. The van der Waals surface area contributed by atoms with Crippen LogP contribution in [-0.2, 0) is 0 Å². The smallest absolute Gasteiger partial charge is 0.0387 e. The molecule has 1 aromatic heterocycles. The zero-order valence-electron chi connectivity index (χ0n) is 10.8. The molecule has 2 aromatic carbocycles. The van der Waals surface area contributed by atoms with E-state index in [0.29, 0.717) is 0 Å². The van der Waals surface area contributed by atoms with Gasteiger partial charge in [-0.25, -0.2) is 0 Å². The Morgan fingerprint density at radius 3 is 2.53 bits per heavy atom. The number of hydrogen-bond donors (Lipinski definition) is 1. The van der Waals surface area contributed by atoms with Gasteiger partial charge in [0.25, 0.3) is 0 Å². The van der Waals surface area contributed by atoms with E-state index in [9.17, 15) is 0 Å². The molecule has 0 saturated carbocycles. The molecule has 94 valence electrons. The maximum Gasteiger partial charge on any atom is 0.0387 e. The minimum absolute atomic E-state index is 0.816. The van der Waals surface area contributed by atoms with Gasteiger partial charge in [-0.1, -0.05) is 48.6 Å². The van der Waals surface area contributed by atoms with Crippen molar-refractivity contribution in [2.45, 2.75) is 6.92 Å². The summed E-state index contributed by atoms with van der Waals surface area (Å²) in [4.78, 5) is 1.34. The minimum atomic E-state index is 0.816. The van der Waals surface area contributed by atoms with E-state index < -0.39 is 0 Å². The Morgan fingerprint density at radius 2 is 1.68 bits per heavy atom. The first kappa shape index (κ1) is 12.0. The van der Waals surface area contributed by atoms with Gasteiger partial charge in [0, 0.05) is 15.3 Å². The average molecular weight is 265 g/mol. The third-order valence-corrected chi connectivity index (χ3v) is 4.35. The van der Waals surface area contributed by atoms with Crippen LogP contribution in [0.4, 0.5) is 5.69 Å². The lowest BCUT2D eigenvalue weighted by atomic mass is 10.1. The highest BCUT2D eigenvalue weighted by Gasteiger charge is 2.05. The van der Waals surface area contributed by atoms with Gasteiger partial charge in [-0.2, -0.15) is 0 Å². The van der Waals surface area contributed by atoms with Crippen molar-refractivity contribution in [1.29, 1.82) is 0 Å². The molecule has 3 aromatic rings. The second-order valence-corrected chi connectivity index (χ2v) is 5.79. The molecule has 2 heteroatoms. The van der Waals surface area contributed by atoms with Crippen molar-refractivity contribution < 1.29 is 0 Å². The largest absolute Gasteiger partial charge is 0.398 e. The lowest BCUT2D eigenvalue weighted by molar-refractivity contribution is 1.61. The summed E-state index contributed by atoms with van der Waals surface area (Å²) in [7, 11) is 0. The van der Waals surface area contributed by atoms with Crippen molar-refractivity contribution >= 4 is 39.3 Å². The second kappa shape index (κ2) is 4.90. The van der Waals surface area contributed by atoms with Crippen LogP contribution in [-0.4, -0.2) is 0 Å². The number of fused-ring (bicyclic) bond motifs is 1. The monoisotopic (exact) mass is 265 g/mol. The molecule has 0 saturated heterocycles. The number of hydrogen-bond acceptors (Lipinski definition) is 2. The van der Waals surface area contributed by atoms with E-state index in [1.54, 1.807) is 0 Å². The zero-order valence-corrected chi connectivity index (χ0v) is 11.6. The van der Waals surface area contributed by atoms with Crippen LogP contribution in [0.1, 0.15) is 16.0 Å². The minimum Gasteiger partial charge on any atom is -0.398 e. The second-order valence-electron chi connectivity index (χ2n) is 4.53. The van der Waals surface area contributed by atoms with Crippen molar-refractivity contribution in [3.63, 3.8) is 0 Å². The Balaban J connectivity index is 2.06. The number of nitrogens with two attached hydrogens (primary N) is 1. The lowest BCUT2D eigenvalue weighted by Crippen LogP contribution is -1.87. The van der Waals surface area contributed by atoms with Crippen LogP contribution in [0.2, 0.25) is 0 Å². The highest BCUT2D eigenvalue weighted by Crippen LogP contribution is 2.32. The highest BCUT2D eigenvalue weighted by atomic mass is 32.1. The Bertz CT molecular complexity index is 753. The summed E-state index contributed by atoms with van der Waals surface area (Å²) in [5, 5.41) is 1.32. The summed E-state index contributed by atoms with van der Waals surface area (Å²) < 4.78 is 1.33. The molecule has 3 rings (SSSR count). The number of anilines is 1. The normalized spacial score (nSPS) is 11.4. The molecular formula is C17H15NS. The molecule has 0 aliphatic heterocycles. The maximum absolute atomic E-state index is 5.96. The Kier molecular flexibility index (Phi) is 3.10. The van der Waals surface area contributed by atoms with Crippen LogP contribution in [0.25, 0.3) is 22.2 Å². The quantitative estimate of drug-likeness (QED) is 0.651. The summed E-state index contributed by atoms with van der Waals surface area (Å²) in [6.07, 6.45) is 4.26. The van der Waals surface area contributed by atoms with E-state index in [2.05, 4.69) is 43.3 Å². The molecular weight excluding hydrogens is 250 g/mol. The number of benzene rings is 2. The standard InChI is InChI=1S/C17H15NS/c1-12-14(15-7-3-5-9-17(15)19-12)11-10-13-6-2-4-8-16(13)18/h2-11H,18H2,1H3/b11-10+. The predicted octanol–water partition coefficient (Wildman–Crippen LogP) is 4.96. The molecule has 0 atom stereocenters. The molecule has 2 N–H and O–H groups in total. The first-order chi connectivity index (χ1) is 9.25. The summed E-state index contributed by atoms with van der Waals surface area (Å²) >= 11 is 1.84. The summed E-state index contributed by atoms with van der Waals surface area (Å²) in [5.41, 5.74) is 9.14. The van der Waals surface area contributed by atoms with Crippen LogP contribution in [0, 0.1) is 6.92 Å². The van der Waals surface area contributed by atoms with Gasteiger partial charge in [-0.05, 0) is 35.6 Å². The molecule has 1 nitrogen and oxygen atoms in total. The third kappa shape index (κ3) is 2.27. The van der Waals surface area contributed by atoms with Gasteiger partial charge in [-0.3, -0.25) is 0 Å². The fourth-order valence-electron chi connectivity index (χ4n) is 2.23. The number of aryl methyl sites for hydroxylation is 1. The van der Waals surface area contributed by atoms with Gasteiger partial charge in [-0.15, -0.1) is 11.3 Å². The van der Waals surface area contributed by atoms with Crippen LogP contribution in [0.15, 0.2) is 48.5 Å². The van der Waals surface area contributed by atoms with Gasteiger partial charge < -0.3 is 5.73 Å². The Labute approximate surface area is 117 Å². The van der Waals surface area contributed by atoms with E-state index in [-0.39, 0.29) is 0 Å². The first-order valence-corrected chi connectivity index (χ1v) is 7.08. The lowest BCUT2D eigenvalue weighted by Gasteiger charge is -1.99. The average Bonchev–Trinajstić information content (AvgIpc) is 2.74. The van der Waals surface area contributed by atoms with Gasteiger partial charge in [0.05, 0.1) is 0 Å². The van der Waals surface area contributed by atoms with E-state index in [0.717, 1.165) is 11.3 Å². The number of nitrogen functional groups attached to an aromatic ring is 1. The van der Waals surface area contributed by atoms with E-state index in [1.165, 1.54) is 20.5 Å². The highest BCUT2D eigenvalue weighted by molar-refractivity contribution is 7.19. The van der Waals surface area contributed by atoms with Crippen molar-refractivity contribution in [1.82, 2.24) is 0 Å². The zero-order chi connectivity index (χ0) is 13.2. The van der Waals surface area contributed by atoms with E-state index in [1.807, 2.05) is 35.6 Å². The van der Waals surface area contributed by atoms with Crippen molar-refractivity contribution in [3.8, 4) is 0 Å². The molecule has 0 spiro atoms. The summed E-state index contributed by atoms with van der Waals surface area (Å²) in [6.45, 7) is 2.17. The molecule has 1 heterocycles. The summed E-state index contributed by atoms with van der Waals surface area (Å²) in [5.74, 6) is 0. The molecule has 0 radical (unpaired) electrons. The molecule has 0 aliphatic rings. The SMILES string of the molecule is Cc1sc2ccccc2c1/C=C/c1ccccc1N. The Morgan fingerprint density at radius 1 is 0.947 bits per heavy atom. The fourth-order valence-corrected chi connectivity index (χ4v) is 3.28. The number of rotatable bonds is 2. The molecule has 0 bridgehead atoms. The third-order valence-electron chi connectivity index (χ3n) is 3.25. The van der Waals surface area contributed by atoms with Crippen molar-refractivity contribution in [2.75, 3.05) is 5.73 Å².